The van der Waals surface area contributed by atoms with Gasteiger partial charge in [-0.05, 0) is 29.8 Å². The van der Waals surface area contributed by atoms with Crippen molar-refractivity contribution in [1.82, 2.24) is 0 Å². The van der Waals surface area contributed by atoms with Crippen molar-refractivity contribution in [2.45, 2.75) is 21.9 Å². The van der Waals surface area contributed by atoms with Gasteiger partial charge in [-0.15, -0.1) is 0 Å². The number of aldehydes is 1. The highest BCUT2D eigenvalue weighted by molar-refractivity contribution is 7.91. The second kappa shape index (κ2) is 13.5. The first-order valence-electron chi connectivity index (χ1n) is 9.18. The zero-order valence-electron chi connectivity index (χ0n) is 18.2. The van der Waals surface area contributed by atoms with E-state index in [0.29, 0.717) is 11.8 Å². The molecule has 0 amide bonds. The van der Waals surface area contributed by atoms with Gasteiger partial charge in [0.15, 0.2) is 19.7 Å². The summed E-state index contributed by atoms with van der Waals surface area (Å²) in [6.07, 6.45) is 1.48. The number of benzene rings is 2. The van der Waals surface area contributed by atoms with Gasteiger partial charge in [0.05, 0.1) is 16.3 Å². The van der Waals surface area contributed by atoms with Gasteiger partial charge < -0.3 is 26.8 Å². The van der Waals surface area contributed by atoms with Gasteiger partial charge in [0, 0.05) is 18.1 Å². The Bertz CT molecular complexity index is 1180. The number of aliphatic carboxylic acids is 2. The molecule has 34 heavy (non-hydrogen) atoms. The number of carboxylic acids is 2. The van der Waals surface area contributed by atoms with E-state index in [0.717, 1.165) is 12.5 Å². The molecule has 0 fully saturated rings. The number of hydrogen-bond acceptors (Lipinski definition) is 10. The lowest BCUT2D eigenvalue weighted by Crippen LogP contribution is -2.36. The van der Waals surface area contributed by atoms with E-state index >= 15 is 0 Å². The van der Waals surface area contributed by atoms with E-state index in [1.54, 1.807) is 0 Å². The second-order valence-corrected chi connectivity index (χ2v) is 10.7. The number of aliphatic hydroxyl groups excluding tert-OH is 1. The molecule has 0 aliphatic carbocycles. The zero-order chi connectivity index (χ0) is 26.7. The second-order valence-electron chi connectivity index (χ2n) is 6.71. The Balaban J connectivity index is 0.000000556. The predicted molar refractivity (Wildman–Crippen MR) is 122 cm³/mol. The Labute approximate surface area is 196 Å². The van der Waals surface area contributed by atoms with Crippen LogP contribution < -0.4 is 11.5 Å². The van der Waals surface area contributed by atoms with Crippen LogP contribution >= 0.6 is 0 Å². The van der Waals surface area contributed by atoms with Crippen LogP contribution in [0.3, 0.4) is 0 Å². The Kier molecular flexibility index (Phi) is 12.3. The molecule has 0 heterocycles. The molecule has 2 rings (SSSR count). The average Bonchev–Trinajstić information content (AvgIpc) is 2.77. The van der Waals surface area contributed by atoms with Crippen LogP contribution in [0.1, 0.15) is 22.0 Å². The number of carbonyl (C=O) groups excluding carboxylic acids is 1. The molecule has 2 atom stereocenters. The lowest BCUT2D eigenvalue weighted by Gasteiger charge is -2.15. The number of sulfone groups is 2. The molecular weight excluding hydrogens is 492 g/mol. The van der Waals surface area contributed by atoms with Crippen molar-refractivity contribution in [3.63, 3.8) is 0 Å². The first kappa shape index (κ1) is 30.8. The maximum absolute atomic E-state index is 11.2. The van der Waals surface area contributed by atoms with E-state index in [9.17, 15) is 36.3 Å². The van der Waals surface area contributed by atoms with Crippen LogP contribution in [0.2, 0.25) is 0 Å². The smallest absolute Gasteiger partial charge is 0.323 e. The van der Waals surface area contributed by atoms with Crippen molar-refractivity contribution in [3.05, 3.63) is 59.7 Å². The molecule has 12 nitrogen and oxygen atoms in total. The fraction of sp³-hybridized carbons (Fsp3) is 0.250. The SMILES string of the molecule is CS(=O)(=O)c1ccc(C=O)cc1.CS(=O)(=O)c1ccc([C@@H](O)[C@H](N)C(=O)O)cc1.NCC(=O)O. The van der Waals surface area contributed by atoms with Crippen LogP contribution in [0.4, 0.5) is 0 Å². The van der Waals surface area contributed by atoms with E-state index in [1.807, 2.05) is 0 Å². The molecule has 0 aromatic heterocycles. The minimum Gasteiger partial charge on any atom is -0.480 e. The summed E-state index contributed by atoms with van der Waals surface area (Å²) in [5.41, 5.74) is 10.6. The first-order valence-corrected chi connectivity index (χ1v) is 13.0. The molecule has 0 radical (unpaired) electrons. The minimum absolute atomic E-state index is 0.0948. The molecular formula is C20H26N2O10S2. The molecule has 0 unspecified atom stereocenters. The average molecular weight is 519 g/mol. The van der Waals surface area contributed by atoms with Gasteiger partial charge in [-0.2, -0.15) is 0 Å². The van der Waals surface area contributed by atoms with Crippen molar-refractivity contribution in [2.24, 2.45) is 11.5 Å². The molecule has 0 aliphatic rings. The number of hydrogen-bond donors (Lipinski definition) is 5. The Morgan fingerprint density at radius 1 is 0.882 bits per heavy atom. The number of aliphatic hydroxyl groups is 1. The van der Waals surface area contributed by atoms with Crippen molar-refractivity contribution in [1.29, 1.82) is 0 Å². The Morgan fingerprint density at radius 3 is 1.50 bits per heavy atom. The number of carboxylic acid groups (broad SMARTS) is 2. The summed E-state index contributed by atoms with van der Waals surface area (Å²) < 4.78 is 44.2. The molecule has 0 bridgehead atoms. The van der Waals surface area contributed by atoms with Gasteiger partial charge in [0.2, 0.25) is 0 Å². The van der Waals surface area contributed by atoms with Crippen molar-refractivity contribution < 1.29 is 46.5 Å². The van der Waals surface area contributed by atoms with Crippen LogP contribution in [0, 0.1) is 0 Å². The minimum atomic E-state index is -3.31. The molecule has 0 spiro atoms. The van der Waals surface area contributed by atoms with Crippen molar-refractivity contribution in [2.75, 3.05) is 19.1 Å². The molecule has 2 aromatic rings. The largest absolute Gasteiger partial charge is 0.480 e. The highest BCUT2D eigenvalue weighted by Crippen LogP contribution is 2.18. The van der Waals surface area contributed by atoms with E-state index in [4.69, 9.17) is 15.9 Å². The van der Waals surface area contributed by atoms with Crippen LogP contribution in [0.5, 0.6) is 0 Å². The van der Waals surface area contributed by atoms with Crippen molar-refractivity contribution >= 4 is 37.9 Å². The van der Waals surface area contributed by atoms with Crippen LogP contribution in [0.25, 0.3) is 0 Å². The topological polar surface area (TPSA) is 232 Å². The number of rotatable bonds is 7. The molecule has 0 aliphatic heterocycles. The summed E-state index contributed by atoms with van der Waals surface area (Å²) >= 11 is 0. The summed E-state index contributed by atoms with van der Waals surface area (Å²) in [5, 5.41) is 25.8. The standard InChI is InChI=1S/C10H13NO5S.C8H8O3S.C2H5NO2/c1-17(15,16)7-4-2-6(3-5-7)9(12)8(11)10(13)14;1-12(10,11)8-4-2-7(6-9)3-5-8;3-1-2(4)5/h2-5,8-9,12H,11H2,1H3,(H,13,14);2-6H,1H3;1,3H2,(H,4,5)/t8-,9+;;/m0../s1. The van der Waals surface area contributed by atoms with E-state index in [1.165, 1.54) is 48.5 Å². The van der Waals surface area contributed by atoms with E-state index in [2.05, 4.69) is 5.73 Å². The maximum Gasteiger partial charge on any atom is 0.323 e. The van der Waals surface area contributed by atoms with Gasteiger partial charge in [-0.3, -0.25) is 14.4 Å². The normalized spacial score (nSPS) is 12.6. The lowest BCUT2D eigenvalue weighted by atomic mass is 10.0. The summed E-state index contributed by atoms with van der Waals surface area (Å²) in [5.74, 6) is -2.30. The highest BCUT2D eigenvalue weighted by atomic mass is 32.2. The molecule has 14 heteroatoms. The monoisotopic (exact) mass is 518 g/mol. The Hall–Kier alpha value is -3.17. The van der Waals surface area contributed by atoms with E-state index < -0.39 is 43.8 Å². The third kappa shape index (κ3) is 11.1. The van der Waals surface area contributed by atoms with Crippen molar-refractivity contribution in [3.8, 4) is 0 Å². The fourth-order valence-electron chi connectivity index (χ4n) is 2.05. The Morgan fingerprint density at radius 2 is 1.24 bits per heavy atom. The zero-order valence-corrected chi connectivity index (χ0v) is 19.9. The number of carbonyl (C=O) groups is 3. The highest BCUT2D eigenvalue weighted by Gasteiger charge is 2.23. The van der Waals surface area contributed by atoms with E-state index in [-0.39, 0.29) is 21.9 Å². The molecule has 0 saturated carbocycles. The first-order chi connectivity index (χ1) is 15.5. The molecule has 0 saturated heterocycles. The quantitative estimate of drug-likeness (QED) is 0.291. The summed E-state index contributed by atoms with van der Waals surface area (Å²) in [6, 6.07) is 9.60. The van der Waals surface area contributed by atoms with Crippen LogP contribution in [-0.4, -0.2) is 75.5 Å². The van der Waals surface area contributed by atoms with Gasteiger partial charge in [-0.1, -0.05) is 24.3 Å². The predicted octanol–water partition coefficient (Wildman–Crippen LogP) is -0.532. The summed E-state index contributed by atoms with van der Waals surface area (Å²) in [4.78, 5) is 30.3. The van der Waals surface area contributed by atoms with Gasteiger partial charge in [0.1, 0.15) is 18.4 Å². The van der Waals surface area contributed by atoms with Crippen LogP contribution in [0.15, 0.2) is 58.3 Å². The molecule has 7 N–H and O–H groups in total. The molecule has 188 valence electrons. The van der Waals surface area contributed by atoms with Gasteiger partial charge >= 0.3 is 11.9 Å². The van der Waals surface area contributed by atoms with Crippen LogP contribution in [-0.2, 0) is 29.3 Å². The third-order valence-electron chi connectivity index (χ3n) is 3.89. The molecule has 2 aromatic carbocycles. The van der Waals surface area contributed by atoms with Gasteiger partial charge in [0.25, 0.3) is 0 Å². The lowest BCUT2D eigenvalue weighted by molar-refractivity contribution is -0.141. The summed E-state index contributed by atoms with van der Waals surface area (Å²) in [6.45, 7) is -0.278. The fourth-order valence-corrected chi connectivity index (χ4v) is 3.31. The third-order valence-corrected chi connectivity index (χ3v) is 6.15. The maximum atomic E-state index is 11.2. The van der Waals surface area contributed by atoms with Gasteiger partial charge in [-0.25, -0.2) is 16.8 Å². The number of nitrogens with two attached hydrogens (primary N) is 2. The summed E-state index contributed by atoms with van der Waals surface area (Å²) in [7, 11) is -6.45.